The van der Waals surface area contributed by atoms with Gasteiger partial charge in [-0.1, -0.05) is 41.4 Å². The lowest BCUT2D eigenvalue weighted by atomic mass is 10.3. The summed E-state index contributed by atoms with van der Waals surface area (Å²) in [6.45, 7) is 1.43. The zero-order valence-electron chi connectivity index (χ0n) is 10.7. The van der Waals surface area contributed by atoms with Crippen molar-refractivity contribution in [2.75, 3.05) is 11.9 Å². The van der Waals surface area contributed by atoms with Gasteiger partial charge in [0.15, 0.2) is 6.61 Å². The van der Waals surface area contributed by atoms with Crippen LogP contribution in [0.4, 0.5) is 5.69 Å². The Balaban J connectivity index is 2.46. The lowest BCUT2D eigenvalue weighted by molar-refractivity contribution is -0.142. The van der Waals surface area contributed by atoms with Crippen LogP contribution in [0.25, 0.3) is 0 Å². The van der Waals surface area contributed by atoms with E-state index in [9.17, 15) is 9.59 Å². The van der Waals surface area contributed by atoms with Crippen molar-refractivity contribution in [3.05, 3.63) is 52.5 Å². The molecule has 6 heteroatoms. The summed E-state index contributed by atoms with van der Waals surface area (Å²) < 4.78 is 4.75. The fourth-order valence-electron chi connectivity index (χ4n) is 1.25. The first-order valence-electron chi connectivity index (χ1n) is 5.73. The standard InChI is InChI=1S/C14H13Cl2NO3/c1-2-3-4-5-14(19)20-9-13(18)17-12-7-10(15)6-11(16)8-12/h2-8H,9H2,1H3,(H,17,18)/b3-2+,5-4+. The van der Waals surface area contributed by atoms with Gasteiger partial charge in [-0.3, -0.25) is 4.79 Å². The number of carbonyl (C=O) groups excluding carboxylic acids is 2. The van der Waals surface area contributed by atoms with Gasteiger partial charge in [0.2, 0.25) is 0 Å². The zero-order valence-corrected chi connectivity index (χ0v) is 12.2. The molecule has 0 saturated carbocycles. The molecule has 0 aliphatic heterocycles. The summed E-state index contributed by atoms with van der Waals surface area (Å²) in [7, 11) is 0. The van der Waals surface area contributed by atoms with Crippen LogP contribution in [0.15, 0.2) is 42.5 Å². The molecular weight excluding hydrogens is 301 g/mol. The Hall–Kier alpha value is -1.78. The van der Waals surface area contributed by atoms with Crippen molar-refractivity contribution in [1.82, 2.24) is 0 Å². The van der Waals surface area contributed by atoms with Gasteiger partial charge in [0, 0.05) is 21.8 Å². The smallest absolute Gasteiger partial charge is 0.331 e. The van der Waals surface area contributed by atoms with Crippen molar-refractivity contribution in [3.8, 4) is 0 Å². The van der Waals surface area contributed by atoms with E-state index in [4.69, 9.17) is 27.9 Å². The Kier molecular flexibility index (Phi) is 6.84. The Bertz CT molecular complexity index is 533. The summed E-state index contributed by atoms with van der Waals surface area (Å²) in [6, 6.07) is 4.63. The van der Waals surface area contributed by atoms with Crippen molar-refractivity contribution in [2.24, 2.45) is 0 Å². The molecule has 1 aromatic carbocycles. The quantitative estimate of drug-likeness (QED) is 0.513. The minimum absolute atomic E-state index is 0.386. The number of hydrogen-bond donors (Lipinski definition) is 1. The van der Waals surface area contributed by atoms with Gasteiger partial charge in [0.1, 0.15) is 0 Å². The summed E-state index contributed by atoms with van der Waals surface area (Å²) in [5.41, 5.74) is 0.438. The summed E-state index contributed by atoms with van der Waals surface area (Å²) >= 11 is 11.6. The van der Waals surface area contributed by atoms with E-state index >= 15 is 0 Å². The normalized spacial score (nSPS) is 10.9. The topological polar surface area (TPSA) is 55.4 Å². The maximum Gasteiger partial charge on any atom is 0.331 e. The molecule has 0 fully saturated rings. The monoisotopic (exact) mass is 313 g/mol. The molecule has 0 aliphatic carbocycles. The number of esters is 1. The van der Waals surface area contributed by atoms with Crippen LogP contribution in [0.5, 0.6) is 0 Å². The lowest BCUT2D eigenvalue weighted by Crippen LogP contribution is -2.20. The number of hydrogen-bond acceptors (Lipinski definition) is 3. The Morgan fingerprint density at radius 1 is 1.20 bits per heavy atom. The third-order valence-electron chi connectivity index (χ3n) is 2.03. The highest BCUT2D eigenvalue weighted by Crippen LogP contribution is 2.22. The second-order valence-corrected chi connectivity index (χ2v) is 4.57. The van der Waals surface area contributed by atoms with Gasteiger partial charge in [0.25, 0.3) is 5.91 Å². The number of halogens is 2. The molecule has 0 bridgehead atoms. The summed E-state index contributed by atoms with van der Waals surface area (Å²) in [4.78, 5) is 22.8. The number of amides is 1. The number of anilines is 1. The molecule has 0 aliphatic rings. The Morgan fingerprint density at radius 2 is 1.85 bits per heavy atom. The maximum absolute atomic E-state index is 11.6. The molecule has 4 nitrogen and oxygen atoms in total. The van der Waals surface area contributed by atoms with Gasteiger partial charge in [-0.25, -0.2) is 4.79 Å². The Labute approximate surface area is 127 Å². The number of ether oxygens (including phenoxy) is 1. The molecule has 1 aromatic rings. The fourth-order valence-corrected chi connectivity index (χ4v) is 1.78. The summed E-state index contributed by atoms with van der Waals surface area (Å²) in [6.07, 6.45) is 6.19. The van der Waals surface area contributed by atoms with Gasteiger partial charge in [-0.15, -0.1) is 0 Å². The van der Waals surface area contributed by atoms with Crippen molar-refractivity contribution < 1.29 is 14.3 Å². The van der Waals surface area contributed by atoms with E-state index < -0.39 is 11.9 Å². The second kappa shape index (κ2) is 8.40. The van der Waals surface area contributed by atoms with Crippen LogP contribution in [0, 0.1) is 0 Å². The second-order valence-electron chi connectivity index (χ2n) is 3.70. The molecule has 0 saturated heterocycles. The first kappa shape index (κ1) is 16.3. The number of benzene rings is 1. The fraction of sp³-hybridized carbons (Fsp3) is 0.143. The molecule has 0 aromatic heterocycles. The summed E-state index contributed by atoms with van der Waals surface area (Å²) in [5.74, 6) is -1.07. The first-order valence-corrected chi connectivity index (χ1v) is 6.49. The van der Waals surface area contributed by atoms with E-state index in [0.717, 1.165) is 0 Å². The average molecular weight is 314 g/mol. The molecule has 0 spiro atoms. The minimum Gasteiger partial charge on any atom is -0.452 e. The minimum atomic E-state index is -0.595. The van der Waals surface area contributed by atoms with Crippen molar-refractivity contribution >= 4 is 40.8 Å². The van der Waals surface area contributed by atoms with Crippen LogP contribution in [0.2, 0.25) is 10.0 Å². The van der Waals surface area contributed by atoms with E-state index in [0.29, 0.717) is 15.7 Å². The van der Waals surface area contributed by atoms with Crippen molar-refractivity contribution in [1.29, 1.82) is 0 Å². The number of nitrogens with one attached hydrogen (secondary N) is 1. The lowest BCUT2D eigenvalue weighted by Gasteiger charge is -2.06. The van der Waals surface area contributed by atoms with Crippen LogP contribution in [-0.4, -0.2) is 18.5 Å². The molecule has 0 unspecified atom stereocenters. The van der Waals surface area contributed by atoms with E-state index in [2.05, 4.69) is 5.32 Å². The van der Waals surface area contributed by atoms with Crippen LogP contribution < -0.4 is 5.32 Å². The third kappa shape index (κ3) is 6.41. The van der Waals surface area contributed by atoms with Gasteiger partial charge in [-0.2, -0.15) is 0 Å². The van der Waals surface area contributed by atoms with Crippen LogP contribution in [-0.2, 0) is 14.3 Å². The van der Waals surface area contributed by atoms with Gasteiger partial charge >= 0.3 is 5.97 Å². The average Bonchev–Trinajstić information content (AvgIpc) is 2.35. The maximum atomic E-state index is 11.6. The number of rotatable bonds is 5. The molecule has 1 amide bonds. The van der Waals surface area contributed by atoms with E-state index in [1.807, 2.05) is 6.92 Å². The summed E-state index contributed by atoms with van der Waals surface area (Å²) in [5, 5.41) is 3.33. The van der Waals surface area contributed by atoms with Crippen LogP contribution in [0.3, 0.4) is 0 Å². The molecule has 1 rings (SSSR count). The van der Waals surface area contributed by atoms with E-state index in [1.54, 1.807) is 30.4 Å². The largest absolute Gasteiger partial charge is 0.452 e. The highest BCUT2D eigenvalue weighted by Gasteiger charge is 2.06. The van der Waals surface area contributed by atoms with Crippen LogP contribution >= 0.6 is 23.2 Å². The van der Waals surface area contributed by atoms with Gasteiger partial charge in [0.05, 0.1) is 0 Å². The van der Waals surface area contributed by atoms with Crippen molar-refractivity contribution in [3.63, 3.8) is 0 Å². The molecule has 0 heterocycles. The predicted molar refractivity (Wildman–Crippen MR) is 80.0 cm³/mol. The first-order chi connectivity index (χ1) is 9.51. The highest BCUT2D eigenvalue weighted by molar-refractivity contribution is 6.35. The molecule has 0 atom stereocenters. The predicted octanol–water partition coefficient (Wildman–Crippen LogP) is 3.61. The molecule has 106 valence electrons. The van der Waals surface area contributed by atoms with Gasteiger partial charge < -0.3 is 10.1 Å². The van der Waals surface area contributed by atoms with Crippen LogP contribution in [0.1, 0.15) is 6.92 Å². The number of carbonyl (C=O) groups is 2. The molecule has 0 radical (unpaired) electrons. The van der Waals surface area contributed by atoms with Gasteiger partial charge in [-0.05, 0) is 25.1 Å². The van der Waals surface area contributed by atoms with Crippen molar-refractivity contribution in [2.45, 2.75) is 6.92 Å². The van der Waals surface area contributed by atoms with E-state index in [-0.39, 0.29) is 6.61 Å². The van der Waals surface area contributed by atoms with E-state index in [1.165, 1.54) is 12.2 Å². The zero-order chi connectivity index (χ0) is 15.0. The number of allylic oxidation sites excluding steroid dienone is 3. The third-order valence-corrected chi connectivity index (χ3v) is 2.46. The SMILES string of the molecule is C/C=C/C=C/C(=O)OCC(=O)Nc1cc(Cl)cc(Cl)c1. The molecular formula is C14H13Cl2NO3. The highest BCUT2D eigenvalue weighted by atomic mass is 35.5. The Morgan fingerprint density at radius 3 is 2.45 bits per heavy atom. The molecule has 1 N–H and O–H groups in total. The molecule has 20 heavy (non-hydrogen) atoms.